The van der Waals surface area contributed by atoms with Gasteiger partial charge in [0.15, 0.2) is 0 Å². The highest BCUT2D eigenvalue weighted by atomic mass is 32.1. The lowest BCUT2D eigenvalue weighted by Gasteiger charge is -2.21. The first kappa shape index (κ1) is 15.5. The van der Waals surface area contributed by atoms with Crippen molar-refractivity contribution in [3.63, 3.8) is 0 Å². The van der Waals surface area contributed by atoms with Gasteiger partial charge in [-0.25, -0.2) is 4.79 Å². The zero-order valence-corrected chi connectivity index (χ0v) is 13.0. The zero-order chi connectivity index (χ0) is 15.8. The van der Waals surface area contributed by atoms with Crippen LogP contribution in [0.3, 0.4) is 0 Å². The molecule has 1 aliphatic heterocycles. The molecule has 1 atom stereocenters. The average molecular weight is 310 g/mol. The Morgan fingerprint density at radius 2 is 2.10 bits per heavy atom. The molecule has 1 aromatic heterocycles. The number of esters is 1. The fraction of sp³-hybridized carbons (Fsp3) is 0.500. The minimum atomic E-state index is -0.610. The van der Waals surface area contributed by atoms with E-state index in [1.807, 2.05) is 0 Å². The van der Waals surface area contributed by atoms with Gasteiger partial charge in [-0.05, 0) is 32.2 Å². The first-order valence-electron chi connectivity index (χ1n) is 6.59. The predicted molar refractivity (Wildman–Crippen MR) is 79.1 cm³/mol. The Morgan fingerprint density at radius 1 is 1.43 bits per heavy atom. The van der Waals surface area contributed by atoms with Gasteiger partial charge in [0.25, 0.3) is 0 Å². The number of nitrogens with zero attached hydrogens (tertiary/aromatic N) is 1. The van der Waals surface area contributed by atoms with Crippen molar-refractivity contribution in [2.75, 3.05) is 11.4 Å². The fourth-order valence-electron chi connectivity index (χ4n) is 2.09. The molecule has 1 aromatic rings. The van der Waals surface area contributed by atoms with Gasteiger partial charge in [-0.15, -0.1) is 11.3 Å². The summed E-state index contributed by atoms with van der Waals surface area (Å²) in [5.74, 6) is -1.69. The highest BCUT2D eigenvalue weighted by molar-refractivity contribution is 7.14. The highest BCUT2D eigenvalue weighted by Gasteiger charge is 2.36. The summed E-state index contributed by atoms with van der Waals surface area (Å²) in [4.78, 5) is 36.9. The van der Waals surface area contributed by atoms with Crippen molar-refractivity contribution in [2.45, 2.75) is 32.8 Å². The molecule has 114 valence electrons. The highest BCUT2D eigenvalue weighted by Crippen LogP contribution is 2.34. The monoisotopic (exact) mass is 310 g/mol. The van der Waals surface area contributed by atoms with Gasteiger partial charge >= 0.3 is 5.97 Å². The second kappa shape index (κ2) is 5.48. The maximum Gasteiger partial charge on any atom is 0.341 e. The summed E-state index contributed by atoms with van der Waals surface area (Å²) >= 11 is 1.27. The van der Waals surface area contributed by atoms with Gasteiger partial charge in [-0.2, -0.15) is 0 Å². The topological polar surface area (TPSA) is 89.7 Å². The van der Waals surface area contributed by atoms with Crippen molar-refractivity contribution in [3.8, 4) is 0 Å². The normalized spacial score (nSPS) is 18.9. The van der Waals surface area contributed by atoms with E-state index in [4.69, 9.17) is 10.5 Å². The Kier molecular flexibility index (Phi) is 4.04. The van der Waals surface area contributed by atoms with E-state index in [-0.39, 0.29) is 18.9 Å². The van der Waals surface area contributed by atoms with Crippen LogP contribution in [0.2, 0.25) is 0 Å². The van der Waals surface area contributed by atoms with E-state index in [9.17, 15) is 14.4 Å². The van der Waals surface area contributed by atoms with E-state index in [0.717, 1.165) is 0 Å². The predicted octanol–water partition coefficient (Wildman–Crippen LogP) is 1.54. The Labute approximate surface area is 126 Å². The van der Waals surface area contributed by atoms with E-state index < -0.39 is 23.4 Å². The second-order valence-corrected chi connectivity index (χ2v) is 6.84. The number of amides is 2. The molecule has 1 fully saturated rings. The van der Waals surface area contributed by atoms with Gasteiger partial charge in [0.1, 0.15) is 10.6 Å². The number of carbonyl (C=O) groups excluding carboxylic acids is 3. The van der Waals surface area contributed by atoms with E-state index in [1.165, 1.54) is 16.2 Å². The number of thiophene rings is 1. The SMILES string of the molecule is CC(C)(C)OC(=O)c1ccsc1N1CC(C(N)=O)CC1=O. The van der Waals surface area contributed by atoms with Crippen LogP contribution in [0.4, 0.5) is 5.00 Å². The number of rotatable bonds is 3. The first-order chi connectivity index (χ1) is 9.69. The van der Waals surface area contributed by atoms with Gasteiger partial charge in [-0.3, -0.25) is 9.59 Å². The summed E-state index contributed by atoms with van der Waals surface area (Å²) in [6, 6.07) is 1.62. The van der Waals surface area contributed by atoms with Crippen molar-refractivity contribution in [1.29, 1.82) is 0 Å². The molecular weight excluding hydrogens is 292 g/mol. The largest absolute Gasteiger partial charge is 0.456 e. The smallest absolute Gasteiger partial charge is 0.341 e. The van der Waals surface area contributed by atoms with Gasteiger partial charge in [0, 0.05) is 13.0 Å². The molecule has 2 heterocycles. The summed E-state index contributed by atoms with van der Waals surface area (Å²) in [5.41, 5.74) is 4.98. The summed E-state index contributed by atoms with van der Waals surface area (Å²) in [5, 5.41) is 2.23. The molecular formula is C14H18N2O4S. The van der Waals surface area contributed by atoms with Crippen LogP contribution in [0, 0.1) is 5.92 Å². The number of hydrogen-bond acceptors (Lipinski definition) is 5. The van der Waals surface area contributed by atoms with Crippen LogP contribution >= 0.6 is 11.3 Å². The fourth-order valence-corrected chi connectivity index (χ4v) is 3.01. The molecule has 2 N–H and O–H groups in total. The van der Waals surface area contributed by atoms with Crippen LogP contribution in [-0.2, 0) is 14.3 Å². The summed E-state index contributed by atoms with van der Waals surface area (Å²) in [6.07, 6.45) is 0.0843. The molecule has 1 unspecified atom stereocenters. The Bertz CT molecular complexity index is 588. The van der Waals surface area contributed by atoms with Crippen molar-refractivity contribution in [3.05, 3.63) is 17.0 Å². The summed E-state index contributed by atoms with van der Waals surface area (Å²) in [6.45, 7) is 5.55. The van der Waals surface area contributed by atoms with Crippen molar-refractivity contribution in [1.82, 2.24) is 0 Å². The van der Waals surface area contributed by atoms with Gasteiger partial charge < -0.3 is 15.4 Å². The lowest BCUT2D eigenvalue weighted by molar-refractivity contribution is -0.123. The Morgan fingerprint density at radius 3 is 2.62 bits per heavy atom. The maximum absolute atomic E-state index is 12.2. The maximum atomic E-state index is 12.2. The van der Waals surface area contributed by atoms with Crippen LogP contribution in [0.5, 0.6) is 0 Å². The van der Waals surface area contributed by atoms with Crippen LogP contribution in [0.15, 0.2) is 11.4 Å². The van der Waals surface area contributed by atoms with E-state index in [1.54, 1.807) is 32.2 Å². The average Bonchev–Trinajstić information content (AvgIpc) is 2.92. The van der Waals surface area contributed by atoms with Gasteiger partial charge in [-0.1, -0.05) is 0 Å². The molecule has 7 heteroatoms. The molecule has 1 saturated heterocycles. The standard InChI is InChI=1S/C14H18N2O4S/c1-14(2,3)20-13(19)9-4-5-21-12(9)16-7-8(11(15)18)6-10(16)17/h4-5,8H,6-7H2,1-3H3,(H2,15,18). The molecule has 0 saturated carbocycles. The molecule has 0 aromatic carbocycles. The minimum absolute atomic E-state index is 0.0843. The molecule has 0 spiro atoms. The van der Waals surface area contributed by atoms with Crippen LogP contribution in [-0.4, -0.2) is 29.9 Å². The van der Waals surface area contributed by atoms with E-state index in [0.29, 0.717) is 10.6 Å². The second-order valence-electron chi connectivity index (χ2n) is 5.95. The van der Waals surface area contributed by atoms with Gasteiger partial charge in [0.2, 0.25) is 11.8 Å². The number of nitrogens with two attached hydrogens (primary N) is 1. The number of anilines is 1. The molecule has 1 aliphatic rings. The van der Waals surface area contributed by atoms with Crippen LogP contribution < -0.4 is 10.6 Å². The van der Waals surface area contributed by atoms with E-state index >= 15 is 0 Å². The number of ether oxygens (including phenoxy) is 1. The third kappa shape index (κ3) is 3.41. The molecule has 2 rings (SSSR count). The molecule has 0 radical (unpaired) electrons. The molecule has 6 nitrogen and oxygen atoms in total. The molecule has 0 bridgehead atoms. The quantitative estimate of drug-likeness (QED) is 0.858. The number of carbonyl (C=O) groups is 3. The molecule has 2 amide bonds. The van der Waals surface area contributed by atoms with Crippen molar-refractivity contribution in [2.24, 2.45) is 11.7 Å². The first-order valence-corrected chi connectivity index (χ1v) is 7.47. The number of hydrogen-bond donors (Lipinski definition) is 1. The number of primary amides is 1. The van der Waals surface area contributed by atoms with Crippen molar-refractivity contribution >= 4 is 34.1 Å². The van der Waals surface area contributed by atoms with E-state index in [2.05, 4.69) is 0 Å². The third-order valence-corrected chi connectivity index (χ3v) is 3.97. The lowest BCUT2D eigenvalue weighted by Crippen LogP contribution is -2.30. The third-order valence-electron chi connectivity index (χ3n) is 3.04. The summed E-state index contributed by atoms with van der Waals surface area (Å²) < 4.78 is 5.33. The van der Waals surface area contributed by atoms with Crippen LogP contribution in [0.1, 0.15) is 37.6 Å². The zero-order valence-electron chi connectivity index (χ0n) is 12.2. The Hall–Kier alpha value is -1.89. The van der Waals surface area contributed by atoms with Gasteiger partial charge in [0.05, 0.1) is 11.5 Å². The summed E-state index contributed by atoms with van der Waals surface area (Å²) in [7, 11) is 0. The Balaban J connectivity index is 2.23. The van der Waals surface area contributed by atoms with Crippen LogP contribution in [0.25, 0.3) is 0 Å². The van der Waals surface area contributed by atoms with Crippen molar-refractivity contribution < 1.29 is 19.1 Å². The molecule has 0 aliphatic carbocycles. The molecule has 21 heavy (non-hydrogen) atoms. The lowest BCUT2D eigenvalue weighted by atomic mass is 10.1. The minimum Gasteiger partial charge on any atom is -0.456 e.